The van der Waals surface area contributed by atoms with E-state index in [9.17, 15) is 14.0 Å². The molecule has 0 aromatic heterocycles. The van der Waals surface area contributed by atoms with Gasteiger partial charge in [0.05, 0.1) is 18.7 Å². The van der Waals surface area contributed by atoms with E-state index in [1.807, 2.05) is 0 Å². The highest BCUT2D eigenvalue weighted by atomic mass is 19.1. The molecule has 0 atom stereocenters. The molecule has 6 heteroatoms. The van der Waals surface area contributed by atoms with Crippen LogP contribution in [0, 0.1) is 17.7 Å². The van der Waals surface area contributed by atoms with Gasteiger partial charge in [0.15, 0.2) is 0 Å². The fourth-order valence-electron chi connectivity index (χ4n) is 1.71. The minimum Gasteiger partial charge on any atom is -0.395 e. The normalized spacial score (nSPS) is 9.67. The lowest BCUT2D eigenvalue weighted by molar-refractivity contribution is -0.118. The second-order valence-corrected chi connectivity index (χ2v) is 4.25. The Morgan fingerprint density at radius 2 is 2.14 bits per heavy atom. The molecule has 5 nitrogen and oxygen atoms in total. The van der Waals surface area contributed by atoms with Crippen molar-refractivity contribution in [1.82, 2.24) is 4.90 Å². The van der Waals surface area contributed by atoms with Crippen LogP contribution in [0.1, 0.15) is 29.3 Å². The Morgan fingerprint density at radius 1 is 1.43 bits per heavy atom. The van der Waals surface area contributed by atoms with Crippen LogP contribution in [0.15, 0.2) is 18.2 Å². The zero-order chi connectivity index (χ0) is 15.8. The molecule has 0 spiro atoms. The van der Waals surface area contributed by atoms with E-state index >= 15 is 0 Å². The molecule has 0 radical (unpaired) electrons. The summed E-state index contributed by atoms with van der Waals surface area (Å²) in [5.74, 6) is 3.72. The lowest BCUT2D eigenvalue weighted by Gasteiger charge is -2.19. The second kappa shape index (κ2) is 8.02. The molecule has 0 saturated carbocycles. The molecular weight excluding hydrogens is 275 g/mol. The first-order valence-corrected chi connectivity index (χ1v) is 6.46. The number of primary amides is 1. The van der Waals surface area contributed by atoms with E-state index in [1.165, 1.54) is 11.0 Å². The Hall–Kier alpha value is -2.39. The van der Waals surface area contributed by atoms with Crippen LogP contribution in [0.3, 0.4) is 0 Å². The maximum atomic E-state index is 13.3. The first kappa shape index (κ1) is 16.7. The van der Waals surface area contributed by atoms with Crippen molar-refractivity contribution in [3.8, 4) is 11.8 Å². The molecular formula is C15H17FN2O3. The molecule has 0 unspecified atom stereocenters. The average Bonchev–Trinajstić information content (AvgIpc) is 2.44. The van der Waals surface area contributed by atoms with Crippen molar-refractivity contribution in [3.05, 3.63) is 35.1 Å². The van der Waals surface area contributed by atoms with Gasteiger partial charge in [-0.15, -0.1) is 0 Å². The third kappa shape index (κ3) is 4.89. The topological polar surface area (TPSA) is 83.6 Å². The van der Waals surface area contributed by atoms with Gasteiger partial charge >= 0.3 is 0 Å². The fourth-order valence-corrected chi connectivity index (χ4v) is 1.71. The summed E-state index contributed by atoms with van der Waals surface area (Å²) in [6, 6.07) is 3.63. The van der Waals surface area contributed by atoms with E-state index in [2.05, 4.69) is 11.8 Å². The Morgan fingerprint density at radius 3 is 2.71 bits per heavy atom. The van der Waals surface area contributed by atoms with Gasteiger partial charge in [-0.1, -0.05) is 11.8 Å². The van der Waals surface area contributed by atoms with E-state index in [1.54, 1.807) is 6.92 Å². The molecule has 1 aromatic carbocycles. The summed E-state index contributed by atoms with van der Waals surface area (Å²) >= 11 is 0. The number of hydrogen-bond acceptors (Lipinski definition) is 3. The standard InChI is InChI=1S/C15H17FN2O3/c1-2-18(10-14(17)20)15(21)13-7-6-12(16)9-11(13)5-3-4-8-19/h6-7,9,19H,2,4,8,10H2,1H3,(H2,17,20). The molecule has 0 bridgehead atoms. The number of aliphatic hydroxyl groups excluding tert-OH is 1. The number of hydrogen-bond donors (Lipinski definition) is 2. The van der Waals surface area contributed by atoms with Crippen molar-refractivity contribution in [2.24, 2.45) is 5.73 Å². The molecule has 3 N–H and O–H groups in total. The fraction of sp³-hybridized carbons (Fsp3) is 0.333. The van der Waals surface area contributed by atoms with Gasteiger partial charge in [0, 0.05) is 18.5 Å². The van der Waals surface area contributed by atoms with Crippen LogP contribution in [0.25, 0.3) is 0 Å². The van der Waals surface area contributed by atoms with Crippen LogP contribution in [0.4, 0.5) is 4.39 Å². The summed E-state index contributed by atoms with van der Waals surface area (Å²) in [6.07, 6.45) is 0.225. The monoisotopic (exact) mass is 292 g/mol. The zero-order valence-electron chi connectivity index (χ0n) is 11.7. The number of nitrogens with two attached hydrogens (primary N) is 1. The van der Waals surface area contributed by atoms with Gasteiger partial charge in [0.25, 0.3) is 5.91 Å². The number of carbonyl (C=O) groups excluding carboxylic acids is 2. The molecule has 0 heterocycles. The number of benzene rings is 1. The van der Waals surface area contributed by atoms with Crippen LogP contribution in [0.5, 0.6) is 0 Å². The molecule has 0 aliphatic rings. The number of halogens is 1. The van der Waals surface area contributed by atoms with Gasteiger partial charge in [-0.05, 0) is 25.1 Å². The van der Waals surface area contributed by atoms with E-state index in [4.69, 9.17) is 10.8 Å². The second-order valence-electron chi connectivity index (χ2n) is 4.25. The first-order valence-electron chi connectivity index (χ1n) is 6.46. The Balaban J connectivity index is 3.13. The quantitative estimate of drug-likeness (QED) is 0.775. The largest absolute Gasteiger partial charge is 0.395 e. The van der Waals surface area contributed by atoms with Crippen molar-refractivity contribution in [1.29, 1.82) is 0 Å². The summed E-state index contributed by atoms with van der Waals surface area (Å²) in [5, 5.41) is 8.70. The van der Waals surface area contributed by atoms with Crippen LogP contribution in [-0.4, -0.2) is 41.5 Å². The zero-order valence-corrected chi connectivity index (χ0v) is 11.7. The van der Waals surface area contributed by atoms with Crippen molar-refractivity contribution in [2.45, 2.75) is 13.3 Å². The predicted molar refractivity (Wildman–Crippen MR) is 75.8 cm³/mol. The Bertz CT molecular complexity index is 590. The number of rotatable bonds is 5. The third-order valence-electron chi connectivity index (χ3n) is 2.69. The maximum Gasteiger partial charge on any atom is 0.255 e. The number of nitrogens with zero attached hydrogens (tertiary/aromatic N) is 1. The van der Waals surface area contributed by atoms with Gasteiger partial charge in [0.2, 0.25) is 5.91 Å². The third-order valence-corrected chi connectivity index (χ3v) is 2.69. The Labute approximate surface area is 122 Å². The lowest BCUT2D eigenvalue weighted by atomic mass is 10.1. The van der Waals surface area contributed by atoms with E-state index in [0.717, 1.165) is 12.1 Å². The molecule has 2 amide bonds. The highest BCUT2D eigenvalue weighted by Crippen LogP contribution is 2.13. The van der Waals surface area contributed by atoms with E-state index in [0.29, 0.717) is 6.54 Å². The van der Waals surface area contributed by atoms with Gasteiger partial charge in [0.1, 0.15) is 5.82 Å². The summed E-state index contributed by atoms with van der Waals surface area (Å²) in [6.45, 7) is 1.68. The molecule has 0 aliphatic carbocycles. The number of likely N-dealkylation sites (N-methyl/N-ethyl adjacent to an activating group) is 1. The van der Waals surface area contributed by atoms with Crippen molar-refractivity contribution < 1.29 is 19.1 Å². The molecule has 1 aromatic rings. The number of carbonyl (C=O) groups is 2. The minimum atomic E-state index is -0.625. The van der Waals surface area contributed by atoms with Crippen LogP contribution < -0.4 is 5.73 Å². The Kier molecular flexibility index (Phi) is 6.37. The predicted octanol–water partition coefficient (Wildman–Crippen LogP) is 0.507. The molecule has 0 saturated heterocycles. The SMILES string of the molecule is CCN(CC(N)=O)C(=O)c1ccc(F)cc1C#CCCO. The van der Waals surface area contributed by atoms with Gasteiger partial charge in [-0.25, -0.2) is 4.39 Å². The molecule has 1 rings (SSSR count). The smallest absolute Gasteiger partial charge is 0.255 e. The highest BCUT2D eigenvalue weighted by Gasteiger charge is 2.19. The minimum absolute atomic E-state index is 0.117. The van der Waals surface area contributed by atoms with Crippen molar-refractivity contribution in [3.63, 3.8) is 0 Å². The van der Waals surface area contributed by atoms with Gasteiger partial charge in [-0.3, -0.25) is 9.59 Å². The van der Waals surface area contributed by atoms with E-state index < -0.39 is 17.6 Å². The molecule has 21 heavy (non-hydrogen) atoms. The summed E-state index contributed by atoms with van der Waals surface area (Å²) in [4.78, 5) is 24.6. The molecule has 0 fully saturated rings. The lowest BCUT2D eigenvalue weighted by Crippen LogP contribution is -2.38. The number of aliphatic hydroxyl groups is 1. The van der Waals surface area contributed by atoms with Crippen molar-refractivity contribution in [2.75, 3.05) is 19.7 Å². The molecule has 112 valence electrons. The van der Waals surface area contributed by atoms with Gasteiger partial charge < -0.3 is 15.7 Å². The van der Waals surface area contributed by atoms with Crippen LogP contribution >= 0.6 is 0 Å². The first-order chi connectivity index (χ1) is 9.99. The average molecular weight is 292 g/mol. The summed E-state index contributed by atoms with van der Waals surface area (Å²) in [7, 11) is 0. The van der Waals surface area contributed by atoms with Crippen molar-refractivity contribution >= 4 is 11.8 Å². The maximum absolute atomic E-state index is 13.3. The van der Waals surface area contributed by atoms with Crippen LogP contribution in [-0.2, 0) is 4.79 Å². The van der Waals surface area contributed by atoms with E-state index in [-0.39, 0.29) is 30.7 Å². The van der Waals surface area contributed by atoms with Crippen LogP contribution in [0.2, 0.25) is 0 Å². The van der Waals surface area contributed by atoms with Gasteiger partial charge in [-0.2, -0.15) is 0 Å². The number of amides is 2. The summed E-state index contributed by atoms with van der Waals surface area (Å²) < 4.78 is 13.3. The highest BCUT2D eigenvalue weighted by molar-refractivity contribution is 5.98. The molecule has 0 aliphatic heterocycles. The summed E-state index contributed by atoms with van der Waals surface area (Å²) in [5.41, 5.74) is 5.51.